The highest BCUT2D eigenvalue weighted by molar-refractivity contribution is 7.09. The van der Waals surface area contributed by atoms with Gasteiger partial charge < -0.3 is 14.8 Å². The highest BCUT2D eigenvalue weighted by Crippen LogP contribution is 2.27. The van der Waals surface area contributed by atoms with Crippen LogP contribution in [0.1, 0.15) is 32.2 Å². The van der Waals surface area contributed by atoms with Crippen LogP contribution in [0, 0.1) is 25.2 Å². The molecule has 0 aliphatic heterocycles. The van der Waals surface area contributed by atoms with Gasteiger partial charge in [-0.15, -0.1) is 11.3 Å². The molecule has 0 saturated heterocycles. The Morgan fingerprint density at radius 1 is 1.12 bits per heavy atom. The fourth-order valence-electron chi connectivity index (χ4n) is 3.04. The zero-order chi connectivity index (χ0) is 23.2. The van der Waals surface area contributed by atoms with Crippen LogP contribution in [0.3, 0.4) is 0 Å². The van der Waals surface area contributed by atoms with Crippen molar-refractivity contribution in [3.8, 4) is 23.4 Å². The minimum atomic E-state index is -0.232. The number of pyridine rings is 1. The number of hydrogen-bond donors (Lipinski definition) is 1. The summed E-state index contributed by atoms with van der Waals surface area (Å²) in [5.74, 6) is 1.20. The molecule has 33 heavy (non-hydrogen) atoms. The Morgan fingerprint density at radius 2 is 1.91 bits per heavy atom. The molecule has 0 spiro atoms. The number of benzene rings is 2. The largest absolute Gasteiger partial charge is 0.487 e. The van der Waals surface area contributed by atoms with Gasteiger partial charge in [-0.3, -0.25) is 4.79 Å². The lowest BCUT2D eigenvalue weighted by Crippen LogP contribution is -2.12. The average molecular weight is 457 g/mol. The third kappa shape index (κ3) is 5.53. The molecule has 0 unspecified atom stereocenters. The molecular weight excluding hydrogens is 436 g/mol. The van der Waals surface area contributed by atoms with Gasteiger partial charge in [0.05, 0.1) is 10.7 Å². The fourth-order valence-corrected chi connectivity index (χ4v) is 3.63. The van der Waals surface area contributed by atoms with E-state index >= 15 is 0 Å². The van der Waals surface area contributed by atoms with E-state index in [2.05, 4.69) is 21.4 Å². The summed E-state index contributed by atoms with van der Waals surface area (Å²) >= 11 is 1.58. The van der Waals surface area contributed by atoms with Crippen molar-refractivity contribution in [1.29, 1.82) is 5.26 Å². The summed E-state index contributed by atoms with van der Waals surface area (Å²) in [4.78, 5) is 21.1. The van der Waals surface area contributed by atoms with Crippen LogP contribution < -0.4 is 14.8 Å². The number of ether oxygens (including phenoxy) is 2. The van der Waals surface area contributed by atoms with Crippen LogP contribution in [0.25, 0.3) is 0 Å². The van der Waals surface area contributed by atoms with Gasteiger partial charge in [-0.1, -0.05) is 0 Å². The lowest BCUT2D eigenvalue weighted by molar-refractivity contribution is 0.102. The summed E-state index contributed by atoms with van der Waals surface area (Å²) in [6.07, 6.45) is 1.56. The number of aromatic nitrogens is 2. The van der Waals surface area contributed by atoms with Crippen LogP contribution in [0.2, 0.25) is 0 Å². The SMILES string of the molecule is Cc1nc(COc2ccc(C(=O)Nc3ccc(Oc4ncccc4C#N)cc3C)cc2)cs1. The monoisotopic (exact) mass is 456 g/mol. The first kappa shape index (κ1) is 22.0. The number of anilines is 1. The fraction of sp³-hybridized carbons (Fsp3) is 0.120. The number of carbonyl (C=O) groups is 1. The third-order valence-corrected chi connectivity index (χ3v) is 5.54. The van der Waals surface area contributed by atoms with Crippen molar-refractivity contribution in [3.05, 3.63) is 93.6 Å². The van der Waals surface area contributed by atoms with Crippen molar-refractivity contribution < 1.29 is 14.3 Å². The van der Waals surface area contributed by atoms with Gasteiger partial charge in [0, 0.05) is 22.8 Å². The summed E-state index contributed by atoms with van der Waals surface area (Å²) in [7, 11) is 0. The molecule has 0 aliphatic carbocycles. The van der Waals surface area contributed by atoms with E-state index in [1.54, 1.807) is 72.1 Å². The molecule has 2 aromatic heterocycles. The van der Waals surface area contributed by atoms with Gasteiger partial charge >= 0.3 is 0 Å². The van der Waals surface area contributed by atoms with E-state index in [9.17, 15) is 10.1 Å². The van der Waals surface area contributed by atoms with Gasteiger partial charge in [-0.25, -0.2) is 9.97 Å². The van der Waals surface area contributed by atoms with Gasteiger partial charge in [0.15, 0.2) is 0 Å². The molecule has 0 saturated carbocycles. The summed E-state index contributed by atoms with van der Waals surface area (Å²) in [6.45, 7) is 4.20. The molecular formula is C25H20N4O3S. The molecule has 8 heteroatoms. The van der Waals surface area contributed by atoms with Crippen molar-refractivity contribution in [2.45, 2.75) is 20.5 Å². The first-order valence-electron chi connectivity index (χ1n) is 10.1. The maximum atomic E-state index is 12.7. The minimum Gasteiger partial charge on any atom is -0.487 e. The Labute approximate surface area is 195 Å². The molecule has 1 N–H and O–H groups in total. The van der Waals surface area contributed by atoms with Crippen molar-refractivity contribution >= 4 is 22.9 Å². The lowest BCUT2D eigenvalue weighted by atomic mass is 10.1. The minimum absolute atomic E-state index is 0.232. The second-order valence-electron chi connectivity index (χ2n) is 7.17. The number of nitriles is 1. The number of nitrogens with zero attached hydrogens (tertiary/aromatic N) is 3. The van der Waals surface area contributed by atoms with Crippen LogP contribution in [0.5, 0.6) is 17.4 Å². The van der Waals surface area contributed by atoms with Crippen molar-refractivity contribution in [2.75, 3.05) is 5.32 Å². The van der Waals surface area contributed by atoms with Gasteiger partial charge in [-0.2, -0.15) is 5.26 Å². The zero-order valence-electron chi connectivity index (χ0n) is 18.0. The standard InChI is InChI=1S/C25H20N4O3S/c1-16-12-22(32-25-19(13-26)4-3-11-27-25)9-10-23(16)29-24(30)18-5-7-21(8-6-18)31-14-20-15-33-17(2)28-20/h3-12,15H,14H2,1-2H3,(H,29,30). The number of amides is 1. The average Bonchev–Trinajstić information content (AvgIpc) is 3.25. The summed E-state index contributed by atoms with van der Waals surface area (Å²) in [5.41, 5.74) is 3.22. The Morgan fingerprint density at radius 3 is 2.61 bits per heavy atom. The van der Waals surface area contributed by atoms with Gasteiger partial charge in [0.25, 0.3) is 5.91 Å². The van der Waals surface area contributed by atoms with E-state index in [-0.39, 0.29) is 11.8 Å². The Kier molecular flexibility index (Phi) is 6.62. The van der Waals surface area contributed by atoms with E-state index in [1.165, 1.54) is 0 Å². The van der Waals surface area contributed by atoms with Crippen molar-refractivity contribution in [3.63, 3.8) is 0 Å². The number of nitrogens with one attached hydrogen (secondary N) is 1. The topological polar surface area (TPSA) is 97.1 Å². The van der Waals surface area contributed by atoms with E-state index in [0.29, 0.717) is 34.9 Å². The molecule has 4 aromatic rings. The summed E-state index contributed by atoms with van der Waals surface area (Å²) in [6, 6.07) is 17.6. The van der Waals surface area contributed by atoms with E-state index in [4.69, 9.17) is 9.47 Å². The molecule has 2 heterocycles. The van der Waals surface area contributed by atoms with E-state index in [1.807, 2.05) is 19.2 Å². The molecule has 7 nitrogen and oxygen atoms in total. The van der Waals surface area contributed by atoms with Gasteiger partial charge in [-0.05, 0) is 74.0 Å². The van der Waals surface area contributed by atoms with Crippen molar-refractivity contribution in [2.24, 2.45) is 0 Å². The Bertz CT molecular complexity index is 1330. The second kappa shape index (κ2) is 9.94. The molecule has 1 amide bonds. The first-order chi connectivity index (χ1) is 16.0. The van der Waals surface area contributed by atoms with E-state index < -0.39 is 0 Å². The second-order valence-corrected chi connectivity index (χ2v) is 8.23. The zero-order valence-corrected chi connectivity index (χ0v) is 18.8. The molecule has 0 atom stereocenters. The molecule has 4 rings (SSSR count). The molecule has 2 aromatic carbocycles. The van der Waals surface area contributed by atoms with Crippen LogP contribution in [-0.2, 0) is 6.61 Å². The highest BCUT2D eigenvalue weighted by atomic mass is 32.1. The van der Waals surface area contributed by atoms with Crippen LogP contribution in [-0.4, -0.2) is 15.9 Å². The van der Waals surface area contributed by atoms with Crippen LogP contribution in [0.4, 0.5) is 5.69 Å². The van der Waals surface area contributed by atoms with Crippen LogP contribution in [0.15, 0.2) is 66.2 Å². The van der Waals surface area contributed by atoms with Gasteiger partial charge in [0.2, 0.25) is 5.88 Å². The third-order valence-electron chi connectivity index (χ3n) is 4.72. The summed E-state index contributed by atoms with van der Waals surface area (Å²) in [5, 5.41) is 15.0. The molecule has 164 valence electrons. The van der Waals surface area contributed by atoms with E-state index in [0.717, 1.165) is 16.3 Å². The maximum Gasteiger partial charge on any atom is 0.255 e. The molecule has 0 radical (unpaired) electrons. The first-order valence-corrected chi connectivity index (χ1v) is 11.0. The number of carbonyl (C=O) groups excluding carboxylic acids is 1. The predicted molar refractivity (Wildman–Crippen MR) is 126 cm³/mol. The maximum absolute atomic E-state index is 12.7. The number of thiazole rings is 1. The number of rotatable bonds is 7. The normalized spacial score (nSPS) is 10.3. The molecule has 0 fully saturated rings. The predicted octanol–water partition coefficient (Wildman–Crippen LogP) is 5.65. The highest BCUT2D eigenvalue weighted by Gasteiger charge is 2.11. The molecule has 0 bridgehead atoms. The van der Waals surface area contributed by atoms with Crippen molar-refractivity contribution in [1.82, 2.24) is 9.97 Å². The quantitative estimate of drug-likeness (QED) is 0.386. The molecule has 0 aliphatic rings. The Balaban J connectivity index is 1.38. The Hall–Kier alpha value is -4.22. The number of hydrogen-bond acceptors (Lipinski definition) is 7. The number of aryl methyl sites for hydroxylation is 2. The lowest BCUT2D eigenvalue weighted by Gasteiger charge is -2.12. The summed E-state index contributed by atoms with van der Waals surface area (Å²) < 4.78 is 11.5. The van der Waals surface area contributed by atoms with Gasteiger partial charge in [0.1, 0.15) is 29.7 Å². The smallest absolute Gasteiger partial charge is 0.255 e. The van der Waals surface area contributed by atoms with Crippen LogP contribution >= 0.6 is 11.3 Å².